The van der Waals surface area contributed by atoms with Crippen LogP contribution in [0.2, 0.25) is 0 Å². The number of para-hydroxylation sites is 1. The highest BCUT2D eigenvalue weighted by Gasteiger charge is 2.51. The van der Waals surface area contributed by atoms with Gasteiger partial charge in [-0.1, -0.05) is 25.1 Å². The summed E-state index contributed by atoms with van der Waals surface area (Å²) < 4.78 is 21.4. The number of benzene rings is 1. The molecular formula is C21H24N2O8. The number of allylic oxidation sites excluding steroid dienone is 1. The van der Waals surface area contributed by atoms with Gasteiger partial charge in [-0.2, -0.15) is 0 Å². The molecule has 1 aromatic rings. The van der Waals surface area contributed by atoms with Crippen molar-refractivity contribution in [2.75, 3.05) is 7.11 Å². The minimum atomic E-state index is -1.55. The first-order valence-corrected chi connectivity index (χ1v) is 9.80. The second-order valence-corrected chi connectivity index (χ2v) is 7.28. The Hall–Kier alpha value is -3.11. The Bertz CT molecular complexity index is 977. The van der Waals surface area contributed by atoms with Gasteiger partial charge in [0.2, 0.25) is 0 Å². The molecule has 0 radical (unpaired) electrons. The number of ether oxygens (including phenoxy) is 4. The number of methoxy groups -OCH3 is 1. The fourth-order valence-electron chi connectivity index (χ4n) is 3.99. The first kappa shape index (κ1) is 22.6. The minimum absolute atomic E-state index is 0.00915. The molecule has 2 heterocycles. The number of carbonyl (C=O) groups is 2. The Morgan fingerprint density at radius 3 is 2.45 bits per heavy atom. The lowest BCUT2D eigenvalue weighted by atomic mass is 9.75. The van der Waals surface area contributed by atoms with Crippen LogP contribution in [0.4, 0.5) is 5.69 Å². The van der Waals surface area contributed by atoms with Gasteiger partial charge >= 0.3 is 17.9 Å². The third kappa shape index (κ3) is 4.08. The number of aliphatic imine (C=N–C) groups is 1. The summed E-state index contributed by atoms with van der Waals surface area (Å²) in [6.45, 7) is 6.58. The quantitative estimate of drug-likeness (QED) is 0.381. The summed E-state index contributed by atoms with van der Waals surface area (Å²) >= 11 is 0. The van der Waals surface area contributed by atoms with Crippen LogP contribution in [0.15, 0.2) is 40.5 Å². The average Bonchev–Trinajstić information content (AvgIpc) is 2.71. The summed E-state index contributed by atoms with van der Waals surface area (Å²) in [5, 5.41) is 11.7. The van der Waals surface area contributed by atoms with Gasteiger partial charge in [-0.15, -0.1) is 0 Å². The van der Waals surface area contributed by atoms with Crippen LogP contribution in [0.5, 0.6) is 0 Å². The van der Waals surface area contributed by atoms with Gasteiger partial charge in [0.05, 0.1) is 17.6 Å². The summed E-state index contributed by atoms with van der Waals surface area (Å²) in [7, 11) is 1.21. The van der Waals surface area contributed by atoms with Gasteiger partial charge in [0, 0.05) is 35.4 Å². The number of nitro benzene ring substituents is 1. The average molecular weight is 432 g/mol. The Labute approximate surface area is 179 Å². The van der Waals surface area contributed by atoms with Crippen molar-refractivity contribution in [3.8, 4) is 0 Å². The molecule has 2 atom stereocenters. The van der Waals surface area contributed by atoms with Crippen LogP contribution in [0.25, 0.3) is 0 Å². The molecule has 0 amide bonds. The van der Waals surface area contributed by atoms with E-state index >= 15 is 0 Å². The molecule has 2 unspecified atom stereocenters. The number of nitro groups is 1. The van der Waals surface area contributed by atoms with Crippen molar-refractivity contribution in [2.24, 2.45) is 10.9 Å². The zero-order valence-electron chi connectivity index (χ0n) is 17.9. The van der Waals surface area contributed by atoms with Gasteiger partial charge in [0.15, 0.2) is 6.29 Å². The second kappa shape index (κ2) is 8.56. The Morgan fingerprint density at radius 2 is 1.90 bits per heavy atom. The van der Waals surface area contributed by atoms with E-state index in [0.29, 0.717) is 5.71 Å². The Kier molecular flexibility index (Phi) is 6.23. The lowest BCUT2D eigenvalue weighted by Crippen LogP contribution is -2.55. The third-order valence-electron chi connectivity index (χ3n) is 5.34. The number of hydrogen-bond acceptors (Lipinski definition) is 9. The predicted molar refractivity (Wildman–Crippen MR) is 108 cm³/mol. The monoisotopic (exact) mass is 432 g/mol. The van der Waals surface area contributed by atoms with Crippen LogP contribution in [0, 0.1) is 16.0 Å². The first-order valence-electron chi connectivity index (χ1n) is 9.80. The number of rotatable bonds is 6. The molecule has 31 heavy (non-hydrogen) atoms. The van der Waals surface area contributed by atoms with Crippen molar-refractivity contribution in [1.29, 1.82) is 0 Å². The molecule has 0 aliphatic carbocycles. The van der Waals surface area contributed by atoms with E-state index in [2.05, 4.69) is 4.99 Å². The predicted octanol–water partition coefficient (Wildman–Crippen LogP) is 3.22. The van der Waals surface area contributed by atoms with Crippen LogP contribution in [0.1, 0.15) is 45.6 Å². The number of esters is 2. The SMILES string of the molecule is CCC1(OC(=O)C2=C(C)N=C(C)C(C(=O)OC)C2c2ccccc2[N+](=O)[O-])OC(C)O1. The van der Waals surface area contributed by atoms with Gasteiger partial charge in [-0.05, 0) is 20.8 Å². The Morgan fingerprint density at radius 1 is 1.26 bits per heavy atom. The van der Waals surface area contributed by atoms with E-state index in [1.807, 2.05) is 0 Å². The lowest BCUT2D eigenvalue weighted by molar-refractivity contribution is -0.523. The molecule has 0 N–H and O–H groups in total. The highest BCUT2D eigenvalue weighted by molar-refractivity contribution is 6.07. The zero-order valence-corrected chi connectivity index (χ0v) is 17.9. The fourth-order valence-corrected chi connectivity index (χ4v) is 3.99. The molecule has 1 fully saturated rings. The fraction of sp³-hybridized carbons (Fsp3) is 0.476. The van der Waals surface area contributed by atoms with Gasteiger partial charge in [-0.25, -0.2) is 4.79 Å². The molecule has 10 heteroatoms. The molecule has 1 saturated heterocycles. The molecule has 2 aliphatic rings. The second-order valence-electron chi connectivity index (χ2n) is 7.28. The molecule has 2 aliphatic heterocycles. The number of carbonyl (C=O) groups excluding carboxylic acids is 2. The van der Waals surface area contributed by atoms with Gasteiger partial charge in [0.25, 0.3) is 5.69 Å². The highest BCUT2D eigenvalue weighted by atomic mass is 17.0. The van der Waals surface area contributed by atoms with Crippen LogP contribution in [-0.2, 0) is 28.5 Å². The molecule has 3 rings (SSSR count). The van der Waals surface area contributed by atoms with E-state index < -0.39 is 41.0 Å². The maximum absolute atomic E-state index is 13.3. The maximum atomic E-state index is 13.3. The standard InChI is InChI=1S/C21H24N2O8/c1-6-21(29-13(4)30-21)31-20(25)17-12(3)22-11(2)16(19(24)28-5)18(17)14-9-7-8-10-15(14)23(26)27/h7-10,13,16,18H,6H2,1-5H3. The van der Waals surface area contributed by atoms with Crippen molar-refractivity contribution >= 4 is 23.3 Å². The van der Waals surface area contributed by atoms with Crippen molar-refractivity contribution in [2.45, 2.75) is 52.3 Å². The lowest BCUT2D eigenvalue weighted by Gasteiger charge is -2.44. The molecule has 10 nitrogen and oxygen atoms in total. The molecule has 1 aromatic carbocycles. The third-order valence-corrected chi connectivity index (χ3v) is 5.34. The maximum Gasteiger partial charge on any atom is 0.340 e. The summed E-state index contributed by atoms with van der Waals surface area (Å²) in [5.74, 6) is -5.13. The minimum Gasteiger partial charge on any atom is -0.468 e. The topological polar surface area (TPSA) is 127 Å². The highest BCUT2D eigenvalue weighted by Crippen LogP contribution is 2.44. The van der Waals surface area contributed by atoms with Crippen LogP contribution in [-0.4, -0.2) is 41.9 Å². The van der Waals surface area contributed by atoms with E-state index in [1.165, 1.54) is 25.3 Å². The van der Waals surface area contributed by atoms with Crippen LogP contribution >= 0.6 is 0 Å². The molecule has 0 saturated carbocycles. The van der Waals surface area contributed by atoms with Crippen molar-refractivity contribution in [3.63, 3.8) is 0 Å². The van der Waals surface area contributed by atoms with Crippen molar-refractivity contribution in [1.82, 2.24) is 0 Å². The van der Waals surface area contributed by atoms with Crippen molar-refractivity contribution < 1.29 is 33.5 Å². The van der Waals surface area contributed by atoms with E-state index in [4.69, 9.17) is 18.9 Å². The molecular weight excluding hydrogens is 408 g/mol. The van der Waals surface area contributed by atoms with E-state index in [1.54, 1.807) is 33.8 Å². The van der Waals surface area contributed by atoms with E-state index in [-0.39, 0.29) is 28.9 Å². The largest absolute Gasteiger partial charge is 0.468 e. The van der Waals surface area contributed by atoms with Crippen LogP contribution in [0.3, 0.4) is 0 Å². The normalized spacial score (nSPS) is 27.8. The summed E-state index contributed by atoms with van der Waals surface area (Å²) in [5.41, 5.74) is 0.611. The molecule has 0 spiro atoms. The number of nitrogens with zero attached hydrogens (tertiary/aromatic N) is 2. The number of hydrogen-bond donors (Lipinski definition) is 0. The summed E-state index contributed by atoms with van der Waals surface area (Å²) in [6, 6.07) is 5.93. The van der Waals surface area contributed by atoms with Gasteiger partial charge in [0.1, 0.15) is 5.92 Å². The molecule has 166 valence electrons. The zero-order chi connectivity index (χ0) is 22.9. The Balaban J connectivity index is 2.14. The van der Waals surface area contributed by atoms with Crippen molar-refractivity contribution in [3.05, 3.63) is 51.2 Å². The molecule has 0 aromatic heterocycles. The molecule has 0 bridgehead atoms. The van der Waals surface area contributed by atoms with E-state index in [0.717, 1.165) is 0 Å². The van der Waals surface area contributed by atoms with E-state index in [9.17, 15) is 19.7 Å². The van der Waals surface area contributed by atoms with Gasteiger partial charge < -0.3 is 9.47 Å². The van der Waals surface area contributed by atoms with Crippen LogP contribution < -0.4 is 0 Å². The smallest absolute Gasteiger partial charge is 0.340 e. The first-order chi connectivity index (χ1) is 14.6. The summed E-state index contributed by atoms with van der Waals surface area (Å²) in [6.07, 6.45) is -0.308. The van der Waals surface area contributed by atoms with Gasteiger partial charge in [-0.3, -0.25) is 29.4 Å². The summed E-state index contributed by atoms with van der Waals surface area (Å²) in [4.78, 5) is 41.4.